The smallest absolute Gasteiger partial charge is 0.262 e. The van der Waals surface area contributed by atoms with E-state index < -0.39 is 0 Å². The van der Waals surface area contributed by atoms with Crippen LogP contribution in [0.5, 0.6) is 0 Å². The Morgan fingerprint density at radius 2 is 2.33 bits per heavy atom. The summed E-state index contributed by atoms with van der Waals surface area (Å²) in [7, 11) is 0. The number of hydrogen-bond acceptors (Lipinski definition) is 6. The molecule has 3 aromatic heterocycles. The SMILES string of the molecule is Cc1csc2ncn(Cc3nc(C4CCC4)no3)c(=O)c12. The average Bonchev–Trinajstić information content (AvgIpc) is 2.99. The van der Waals surface area contributed by atoms with Gasteiger partial charge >= 0.3 is 0 Å². The summed E-state index contributed by atoms with van der Waals surface area (Å²) < 4.78 is 6.79. The molecule has 0 unspecified atom stereocenters. The predicted octanol–water partition coefficient (Wildman–Crippen LogP) is 2.47. The van der Waals surface area contributed by atoms with Gasteiger partial charge in [0.2, 0.25) is 5.89 Å². The maximum atomic E-state index is 12.5. The maximum absolute atomic E-state index is 12.5. The lowest BCUT2D eigenvalue weighted by molar-refractivity contribution is 0.343. The Kier molecular flexibility index (Phi) is 2.88. The highest BCUT2D eigenvalue weighted by atomic mass is 32.1. The molecule has 0 saturated heterocycles. The molecule has 1 aliphatic rings. The average molecular weight is 302 g/mol. The van der Waals surface area contributed by atoms with Crippen molar-refractivity contribution in [2.45, 2.75) is 38.6 Å². The maximum Gasteiger partial charge on any atom is 0.262 e. The fraction of sp³-hybridized carbons (Fsp3) is 0.429. The normalized spacial score (nSPS) is 15.5. The number of nitrogens with zero attached hydrogens (tertiary/aromatic N) is 4. The Morgan fingerprint density at radius 3 is 3.10 bits per heavy atom. The first-order valence-electron chi connectivity index (χ1n) is 6.98. The summed E-state index contributed by atoms with van der Waals surface area (Å²) in [5, 5.41) is 6.64. The van der Waals surface area contributed by atoms with Gasteiger partial charge in [-0.25, -0.2) is 4.98 Å². The van der Waals surface area contributed by atoms with Gasteiger partial charge in [0.25, 0.3) is 5.56 Å². The highest BCUT2D eigenvalue weighted by Crippen LogP contribution is 2.34. The van der Waals surface area contributed by atoms with Crippen molar-refractivity contribution in [3.63, 3.8) is 0 Å². The largest absolute Gasteiger partial charge is 0.337 e. The first-order valence-corrected chi connectivity index (χ1v) is 7.86. The number of aryl methyl sites for hydroxylation is 1. The molecule has 0 spiro atoms. The molecule has 108 valence electrons. The summed E-state index contributed by atoms with van der Waals surface area (Å²) in [5.41, 5.74) is 0.907. The molecular formula is C14H14N4O2S. The fourth-order valence-corrected chi connectivity index (χ4v) is 3.41. The van der Waals surface area contributed by atoms with Gasteiger partial charge in [-0.15, -0.1) is 11.3 Å². The van der Waals surface area contributed by atoms with Crippen LogP contribution in [0.25, 0.3) is 10.2 Å². The Balaban J connectivity index is 1.67. The van der Waals surface area contributed by atoms with Crippen molar-refractivity contribution in [1.29, 1.82) is 0 Å². The third-order valence-electron chi connectivity index (χ3n) is 4.00. The molecular weight excluding hydrogens is 288 g/mol. The van der Waals surface area contributed by atoms with Crippen molar-refractivity contribution in [3.05, 3.63) is 39.3 Å². The lowest BCUT2D eigenvalue weighted by Crippen LogP contribution is -2.21. The van der Waals surface area contributed by atoms with E-state index in [1.54, 1.807) is 6.33 Å². The highest BCUT2D eigenvalue weighted by Gasteiger charge is 2.24. The van der Waals surface area contributed by atoms with Crippen LogP contribution in [0.4, 0.5) is 0 Å². The van der Waals surface area contributed by atoms with Gasteiger partial charge in [-0.1, -0.05) is 11.6 Å². The number of rotatable bonds is 3. The third-order valence-corrected chi connectivity index (χ3v) is 5.01. The van der Waals surface area contributed by atoms with Crippen molar-refractivity contribution in [2.24, 2.45) is 0 Å². The summed E-state index contributed by atoms with van der Waals surface area (Å²) in [5.74, 6) is 1.66. The van der Waals surface area contributed by atoms with Crippen LogP contribution in [0.3, 0.4) is 0 Å². The molecule has 3 heterocycles. The molecule has 0 radical (unpaired) electrons. The summed E-state index contributed by atoms with van der Waals surface area (Å²) in [6.45, 7) is 2.20. The minimum absolute atomic E-state index is 0.0536. The minimum Gasteiger partial charge on any atom is -0.337 e. The van der Waals surface area contributed by atoms with Gasteiger partial charge in [0, 0.05) is 5.92 Å². The van der Waals surface area contributed by atoms with Gasteiger partial charge in [0.1, 0.15) is 11.4 Å². The van der Waals surface area contributed by atoms with E-state index in [2.05, 4.69) is 15.1 Å². The van der Waals surface area contributed by atoms with Crippen LogP contribution in [0, 0.1) is 6.92 Å². The standard InChI is InChI=1S/C14H14N4O2S/c1-8-6-21-13-11(8)14(19)18(7-15-13)5-10-16-12(17-20-10)9-3-2-4-9/h6-7,9H,2-5H2,1H3. The Labute approximate surface area is 124 Å². The molecule has 6 nitrogen and oxygen atoms in total. The van der Waals surface area contributed by atoms with Crippen molar-refractivity contribution < 1.29 is 4.52 Å². The molecule has 1 fully saturated rings. The number of hydrogen-bond donors (Lipinski definition) is 0. The van der Waals surface area contributed by atoms with Gasteiger partial charge in [-0.3, -0.25) is 9.36 Å². The summed E-state index contributed by atoms with van der Waals surface area (Å²) in [6, 6.07) is 0. The van der Waals surface area contributed by atoms with Crippen LogP contribution in [0.2, 0.25) is 0 Å². The number of fused-ring (bicyclic) bond motifs is 1. The second-order valence-corrected chi connectivity index (χ2v) is 6.31. The van der Waals surface area contributed by atoms with E-state index >= 15 is 0 Å². The lowest BCUT2D eigenvalue weighted by Gasteiger charge is -2.20. The molecule has 0 amide bonds. The van der Waals surface area contributed by atoms with Crippen LogP contribution in [0.15, 0.2) is 21.0 Å². The molecule has 21 heavy (non-hydrogen) atoms. The Morgan fingerprint density at radius 1 is 1.48 bits per heavy atom. The molecule has 0 atom stereocenters. The summed E-state index contributed by atoms with van der Waals surface area (Å²) in [4.78, 5) is 22.0. The monoisotopic (exact) mass is 302 g/mol. The van der Waals surface area contributed by atoms with E-state index in [0.29, 0.717) is 17.2 Å². The van der Waals surface area contributed by atoms with E-state index in [0.717, 1.165) is 29.1 Å². The van der Waals surface area contributed by atoms with Crippen LogP contribution >= 0.6 is 11.3 Å². The van der Waals surface area contributed by atoms with Crippen molar-refractivity contribution in [2.75, 3.05) is 0 Å². The van der Waals surface area contributed by atoms with Crippen molar-refractivity contribution in [1.82, 2.24) is 19.7 Å². The number of aromatic nitrogens is 4. The number of thiophene rings is 1. The third kappa shape index (κ3) is 2.08. The molecule has 0 aromatic carbocycles. The molecule has 0 bridgehead atoms. The molecule has 1 aliphatic carbocycles. The molecule has 0 aliphatic heterocycles. The quantitative estimate of drug-likeness (QED) is 0.743. The molecule has 7 heteroatoms. The van der Waals surface area contributed by atoms with E-state index in [1.165, 1.54) is 22.3 Å². The van der Waals surface area contributed by atoms with Crippen LogP contribution in [-0.4, -0.2) is 19.7 Å². The lowest BCUT2D eigenvalue weighted by atomic mass is 9.85. The Hall–Kier alpha value is -2.02. The second-order valence-electron chi connectivity index (χ2n) is 5.45. The topological polar surface area (TPSA) is 73.8 Å². The van der Waals surface area contributed by atoms with E-state index in [9.17, 15) is 4.79 Å². The molecule has 1 saturated carbocycles. The van der Waals surface area contributed by atoms with Crippen molar-refractivity contribution in [3.8, 4) is 0 Å². The van der Waals surface area contributed by atoms with E-state index in [-0.39, 0.29) is 12.1 Å². The van der Waals surface area contributed by atoms with Crippen molar-refractivity contribution >= 4 is 21.6 Å². The predicted molar refractivity (Wildman–Crippen MR) is 78.6 cm³/mol. The van der Waals surface area contributed by atoms with Gasteiger partial charge in [-0.2, -0.15) is 4.98 Å². The fourth-order valence-electron chi connectivity index (χ4n) is 2.53. The summed E-state index contributed by atoms with van der Waals surface area (Å²) in [6.07, 6.45) is 5.03. The van der Waals surface area contributed by atoms with Crippen LogP contribution < -0.4 is 5.56 Å². The van der Waals surface area contributed by atoms with Gasteiger partial charge in [-0.05, 0) is 30.7 Å². The first kappa shape index (κ1) is 12.7. The first-order chi connectivity index (χ1) is 10.2. The summed E-state index contributed by atoms with van der Waals surface area (Å²) >= 11 is 1.49. The molecule has 4 rings (SSSR count). The van der Waals surface area contributed by atoms with Gasteiger partial charge < -0.3 is 4.52 Å². The minimum atomic E-state index is -0.0536. The zero-order valence-electron chi connectivity index (χ0n) is 11.6. The highest BCUT2D eigenvalue weighted by molar-refractivity contribution is 7.16. The second kappa shape index (κ2) is 4.77. The van der Waals surface area contributed by atoms with Gasteiger partial charge in [0.05, 0.1) is 11.7 Å². The van der Waals surface area contributed by atoms with E-state index in [4.69, 9.17) is 4.52 Å². The van der Waals surface area contributed by atoms with Crippen LogP contribution in [0.1, 0.15) is 42.5 Å². The molecule has 3 aromatic rings. The Bertz CT molecular complexity index is 859. The van der Waals surface area contributed by atoms with Crippen LogP contribution in [-0.2, 0) is 6.54 Å². The van der Waals surface area contributed by atoms with Gasteiger partial charge in [0.15, 0.2) is 5.82 Å². The zero-order chi connectivity index (χ0) is 14.4. The molecule has 0 N–H and O–H groups in total. The zero-order valence-corrected chi connectivity index (χ0v) is 12.4. The van der Waals surface area contributed by atoms with E-state index in [1.807, 2.05) is 12.3 Å².